The van der Waals surface area contributed by atoms with Crippen LogP contribution in [0.1, 0.15) is 15.9 Å². The number of phenolic OH excluding ortho intramolecular Hbond substituents is 2. The van der Waals surface area contributed by atoms with Gasteiger partial charge in [-0.1, -0.05) is 0 Å². The Hall–Kier alpha value is -3.15. The molecule has 0 radical (unpaired) electrons. The summed E-state index contributed by atoms with van der Waals surface area (Å²) in [6.45, 7) is 0. The van der Waals surface area contributed by atoms with Gasteiger partial charge in [0.1, 0.15) is 17.2 Å². The van der Waals surface area contributed by atoms with E-state index in [1.165, 1.54) is 45.6 Å². The summed E-state index contributed by atoms with van der Waals surface area (Å²) in [5.74, 6) is 0.570. The van der Waals surface area contributed by atoms with Gasteiger partial charge in [0.05, 0.1) is 26.9 Å². The molecule has 0 fully saturated rings. The Morgan fingerprint density at radius 3 is 2.08 bits per heavy atom. The first-order valence-electron chi connectivity index (χ1n) is 7.04. The Morgan fingerprint density at radius 1 is 0.917 bits per heavy atom. The van der Waals surface area contributed by atoms with Gasteiger partial charge in [0.2, 0.25) is 0 Å². The van der Waals surface area contributed by atoms with E-state index in [0.717, 1.165) is 0 Å². The quantitative estimate of drug-likeness (QED) is 0.625. The second-order valence-electron chi connectivity index (χ2n) is 4.85. The van der Waals surface area contributed by atoms with Crippen molar-refractivity contribution in [2.24, 2.45) is 0 Å². The molecule has 0 spiro atoms. The minimum absolute atomic E-state index is 0.129. The highest BCUT2D eigenvalue weighted by Gasteiger charge is 2.11. The summed E-state index contributed by atoms with van der Waals surface area (Å²) < 4.78 is 15.2. The molecule has 0 atom stereocenters. The summed E-state index contributed by atoms with van der Waals surface area (Å²) in [5, 5.41) is 19.8. The molecule has 0 aromatic heterocycles. The first-order valence-corrected chi connectivity index (χ1v) is 7.04. The van der Waals surface area contributed by atoms with Crippen LogP contribution in [-0.4, -0.2) is 37.3 Å². The lowest BCUT2D eigenvalue weighted by Crippen LogP contribution is -1.97. The maximum absolute atomic E-state index is 12.3. The summed E-state index contributed by atoms with van der Waals surface area (Å²) in [7, 11) is 4.41. The van der Waals surface area contributed by atoms with Crippen molar-refractivity contribution in [2.45, 2.75) is 0 Å². The minimum Gasteiger partial charge on any atom is -0.507 e. The number of aromatic hydroxyl groups is 2. The summed E-state index contributed by atoms with van der Waals surface area (Å²) >= 11 is 0. The van der Waals surface area contributed by atoms with Gasteiger partial charge in [0.15, 0.2) is 17.3 Å². The van der Waals surface area contributed by atoms with Crippen molar-refractivity contribution in [1.29, 1.82) is 0 Å². The van der Waals surface area contributed by atoms with Crippen LogP contribution >= 0.6 is 0 Å². The molecule has 0 aliphatic rings. The summed E-state index contributed by atoms with van der Waals surface area (Å²) in [6, 6.07) is 7.48. The van der Waals surface area contributed by atoms with Crippen molar-refractivity contribution in [3.05, 3.63) is 47.5 Å². The maximum atomic E-state index is 12.3. The van der Waals surface area contributed by atoms with E-state index < -0.39 is 0 Å². The number of hydrogen-bond acceptors (Lipinski definition) is 6. The SMILES string of the molecule is COc1cc(O)c(/C=C/C(=O)c2ccc(OC)c(OC)c2)c(O)c1. The van der Waals surface area contributed by atoms with Crippen LogP contribution in [0.3, 0.4) is 0 Å². The average Bonchev–Trinajstić information content (AvgIpc) is 2.59. The Balaban J connectivity index is 2.28. The summed E-state index contributed by atoms with van der Waals surface area (Å²) in [4.78, 5) is 12.3. The number of rotatable bonds is 6. The Labute approximate surface area is 139 Å². The fourth-order valence-corrected chi connectivity index (χ4v) is 2.13. The van der Waals surface area contributed by atoms with Crippen LogP contribution in [0.2, 0.25) is 0 Å². The van der Waals surface area contributed by atoms with Crippen molar-refractivity contribution in [1.82, 2.24) is 0 Å². The molecule has 0 bridgehead atoms. The van der Waals surface area contributed by atoms with Crippen LogP contribution in [0, 0.1) is 0 Å². The van der Waals surface area contributed by atoms with Gasteiger partial charge in [-0.3, -0.25) is 4.79 Å². The molecule has 2 N–H and O–H groups in total. The number of carbonyl (C=O) groups is 1. The Bertz CT molecular complexity index is 756. The first kappa shape index (κ1) is 17.2. The molecule has 126 valence electrons. The fourth-order valence-electron chi connectivity index (χ4n) is 2.13. The molecular formula is C18H18O6. The first-order chi connectivity index (χ1) is 11.5. The maximum Gasteiger partial charge on any atom is 0.185 e. The molecule has 0 saturated carbocycles. The number of hydrogen-bond donors (Lipinski definition) is 2. The summed E-state index contributed by atoms with van der Waals surface area (Å²) in [6.07, 6.45) is 2.59. The third kappa shape index (κ3) is 3.60. The van der Waals surface area contributed by atoms with Gasteiger partial charge in [-0.15, -0.1) is 0 Å². The van der Waals surface area contributed by atoms with Gasteiger partial charge in [0, 0.05) is 17.7 Å². The highest BCUT2D eigenvalue weighted by atomic mass is 16.5. The van der Waals surface area contributed by atoms with Crippen molar-refractivity contribution < 1.29 is 29.2 Å². The average molecular weight is 330 g/mol. The van der Waals surface area contributed by atoms with E-state index in [9.17, 15) is 15.0 Å². The van der Waals surface area contributed by atoms with Crippen molar-refractivity contribution in [3.63, 3.8) is 0 Å². The van der Waals surface area contributed by atoms with Crippen molar-refractivity contribution in [3.8, 4) is 28.7 Å². The van der Waals surface area contributed by atoms with Crippen LogP contribution in [0.25, 0.3) is 6.08 Å². The van der Waals surface area contributed by atoms with E-state index in [4.69, 9.17) is 14.2 Å². The number of carbonyl (C=O) groups excluding carboxylic acids is 1. The van der Waals surface area contributed by atoms with Gasteiger partial charge in [-0.2, -0.15) is 0 Å². The molecule has 2 aromatic rings. The number of ether oxygens (including phenoxy) is 3. The fraction of sp³-hybridized carbons (Fsp3) is 0.167. The van der Waals surface area contributed by atoms with E-state index in [0.29, 0.717) is 22.8 Å². The van der Waals surface area contributed by atoms with Crippen LogP contribution in [0.5, 0.6) is 28.7 Å². The smallest absolute Gasteiger partial charge is 0.185 e. The third-order valence-electron chi connectivity index (χ3n) is 3.41. The Morgan fingerprint density at radius 2 is 1.54 bits per heavy atom. The van der Waals surface area contributed by atoms with E-state index in [2.05, 4.69) is 0 Å². The second kappa shape index (κ2) is 7.41. The zero-order valence-corrected chi connectivity index (χ0v) is 13.6. The van der Waals surface area contributed by atoms with Crippen molar-refractivity contribution in [2.75, 3.05) is 21.3 Å². The molecule has 0 amide bonds. The molecule has 24 heavy (non-hydrogen) atoms. The highest BCUT2D eigenvalue weighted by molar-refractivity contribution is 6.07. The zero-order valence-electron chi connectivity index (χ0n) is 13.6. The molecule has 0 heterocycles. The molecule has 0 aliphatic heterocycles. The predicted molar refractivity (Wildman–Crippen MR) is 89.2 cm³/mol. The van der Waals surface area contributed by atoms with Crippen LogP contribution in [-0.2, 0) is 0 Å². The molecule has 0 unspecified atom stereocenters. The summed E-state index contributed by atoms with van der Waals surface area (Å²) in [5.41, 5.74) is 0.515. The molecular weight excluding hydrogens is 312 g/mol. The van der Waals surface area contributed by atoms with Gasteiger partial charge in [0.25, 0.3) is 0 Å². The van der Waals surface area contributed by atoms with E-state index in [1.54, 1.807) is 18.2 Å². The largest absolute Gasteiger partial charge is 0.507 e. The molecule has 2 rings (SSSR count). The van der Waals surface area contributed by atoms with E-state index in [1.807, 2.05) is 0 Å². The Kier molecular flexibility index (Phi) is 5.31. The van der Waals surface area contributed by atoms with Gasteiger partial charge in [-0.25, -0.2) is 0 Å². The highest BCUT2D eigenvalue weighted by Crippen LogP contribution is 2.33. The third-order valence-corrected chi connectivity index (χ3v) is 3.41. The topological polar surface area (TPSA) is 85.2 Å². The minimum atomic E-state index is -0.314. The standard InChI is InChI=1S/C18H18O6/c1-22-12-9-15(20)13(16(21)10-12)5-6-14(19)11-4-7-17(23-2)18(8-11)24-3/h4-10,20-21H,1-3H3/b6-5+. The normalized spacial score (nSPS) is 10.6. The van der Waals surface area contributed by atoms with Crippen molar-refractivity contribution >= 4 is 11.9 Å². The lowest BCUT2D eigenvalue weighted by atomic mass is 10.1. The zero-order chi connectivity index (χ0) is 17.7. The molecule has 6 nitrogen and oxygen atoms in total. The molecule has 0 aliphatic carbocycles. The molecule has 2 aromatic carbocycles. The monoisotopic (exact) mass is 330 g/mol. The van der Waals surface area contributed by atoms with Gasteiger partial charge < -0.3 is 24.4 Å². The number of phenols is 2. The number of methoxy groups -OCH3 is 3. The second-order valence-corrected chi connectivity index (χ2v) is 4.85. The van der Waals surface area contributed by atoms with Gasteiger partial charge in [-0.05, 0) is 30.4 Å². The van der Waals surface area contributed by atoms with E-state index in [-0.39, 0.29) is 22.8 Å². The molecule has 6 heteroatoms. The van der Waals surface area contributed by atoms with Crippen LogP contribution < -0.4 is 14.2 Å². The predicted octanol–water partition coefficient (Wildman–Crippen LogP) is 3.02. The number of allylic oxidation sites excluding steroid dienone is 1. The lowest BCUT2D eigenvalue weighted by Gasteiger charge is -2.08. The van der Waals surface area contributed by atoms with E-state index >= 15 is 0 Å². The number of ketones is 1. The molecule has 0 saturated heterocycles. The number of benzene rings is 2. The lowest BCUT2D eigenvalue weighted by molar-refractivity contribution is 0.104. The van der Waals surface area contributed by atoms with Gasteiger partial charge >= 0.3 is 0 Å². The van der Waals surface area contributed by atoms with Crippen LogP contribution in [0.15, 0.2) is 36.4 Å². The van der Waals surface area contributed by atoms with Crippen LogP contribution in [0.4, 0.5) is 0 Å².